The van der Waals surface area contributed by atoms with Gasteiger partial charge in [-0.15, -0.1) is 0 Å². The summed E-state index contributed by atoms with van der Waals surface area (Å²) in [6.45, 7) is 9.39. The van der Waals surface area contributed by atoms with Crippen LogP contribution in [-0.2, 0) is 6.42 Å². The summed E-state index contributed by atoms with van der Waals surface area (Å²) in [5, 5.41) is 3.39. The number of nitrogens with one attached hydrogen (secondary N) is 1. The van der Waals surface area contributed by atoms with Crippen LogP contribution in [0.2, 0.25) is 0 Å². The number of nitrogens with zero attached hydrogens (tertiary/aromatic N) is 1. The van der Waals surface area contributed by atoms with E-state index in [0.717, 1.165) is 37.2 Å². The van der Waals surface area contributed by atoms with E-state index < -0.39 is 0 Å². The van der Waals surface area contributed by atoms with Crippen molar-refractivity contribution >= 4 is 5.91 Å². The second-order valence-electron chi connectivity index (χ2n) is 6.26. The summed E-state index contributed by atoms with van der Waals surface area (Å²) in [4.78, 5) is 15.0. The van der Waals surface area contributed by atoms with Crippen molar-refractivity contribution in [1.29, 1.82) is 0 Å². The first-order chi connectivity index (χ1) is 10.1. The summed E-state index contributed by atoms with van der Waals surface area (Å²) in [6.07, 6.45) is 3.25. The molecule has 0 spiro atoms. The Hall–Kier alpha value is -1.35. The Kier molecular flexibility index (Phi) is 5.80. The van der Waals surface area contributed by atoms with Crippen LogP contribution in [0.4, 0.5) is 0 Å². The van der Waals surface area contributed by atoms with Gasteiger partial charge >= 0.3 is 0 Å². The van der Waals surface area contributed by atoms with Gasteiger partial charge in [0.2, 0.25) is 0 Å². The van der Waals surface area contributed by atoms with Crippen LogP contribution >= 0.6 is 0 Å². The smallest absolute Gasteiger partial charge is 0.254 e. The number of amides is 1. The lowest BCUT2D eigenvalue weighted by Gasteiger charge is -2.33. The summed E-state index contributed by atoms with van der Waals surface area (Å²) in [7, 11) is 0. The van der Waals surface area contributed by atoms with E-state index in [1.54, 1.807) is 0 Å². The predicted octanol–water partition coefficient (Wildman–Crippen LogP) is 3.10. The minimum atomic E-state index is 0.195. The molecule has 0 aromatic heterocycles. The van der Waals surface area contributed by atoms with Crippen molar-refractivity contribution in [2.24, 2.45) is 5.92 Å². The zero-order valence-corrected chi connectivity index (χ0v) is 13.6. The monoisotopic (exact) mass is 288 g/mol. The first-order valence-corrected chi connectivity index (χ1v) is 8.23. The zero-order valence-electron chi connectivity index (χ0n) is 13.6. The molecule has 0 aliphatic carbocycles. The molecule has 1 fully saturated rings. The molecular weight excluding hydrogens is 260 g/mol. The molecule has 0 unspecified atom stereocenters. The molecule has 1 saturated heterocycles. The van der Waals surface area contributed by atoms with E-state index >= 15 is 0 Å². The molecule has 1 aromatic rings. The Morgan fingerprint density at radius 1 is 1.29 bits per heavy atom. The molecule has 1 heterocycles. The maximum atomic E-state index is 13.0. The maximum absolute atomic E-state index is 13.0. The van der Waals surface area contributed by atoms with E-state index in [9.17, 15) is 4.79 Å². The molecule has 3 heteroatoms. The Morgan fingerprint density at radius 3 is 2.57 bits per heavy atom. The van der Waals surface area contributed by atoms with E-state index in [1.165, 1.54) is 12.8 Å². The first-order valence-electron chi connectivity index (χ1n) is 8.23. The van der Waals surface area contributed by atoms with Crippen molar-refractivity contribution in [3.05, 3.63) is 35.4 Å². The third-order valence-corrected chi connectivity index (χ3v) is 4.43. The van der Waals surface area contributed by atoms with Crippen LogP contribution in [0.15, 0.2) is 24.3 Å². The van der Waals surface area contributed by atoms with Crippen molar-refractivity contribution in [1.82, 2.24) is 10.2 Å². The van der Waals surface area contributed by atoms with Gasteiger partial charge in [-0.25, -0.2) is 0 Å². The lowest BCUT2D eigenvalue weighted by molar-refractivity contribution is 0.0657. The molecule has 0 bridgehead atoms. The molecule has 0 radical (unpaired) electrons. The molecule has 1 aliphatic rings. The van der Waals surface area contributed by atoms with Gasteiger partial charge in [0, 0.05) is 18.2 Å². The Balaban J connectivity index is 2.14. The molecule has 3 nitrogen and oxygen atoms in total. The molecule has 116 valence electrons. The normalized spacial score (nSPS) is 16.2. The number of hydrogen-bond donors (Lipinski definition) is 1. The number of aryl methyl sites for hydroxylation is 1. The van der Waals surface area contributed by atoms with Crippen LogP contribution in [0.5, 0.6) is 0 Å². The number of carbonyl (C=O) groups is 1. The van der Waals surface area contributed by atoms with Crippen LogP contribution in [-0.4, -0.2) is 36.5 Å². The van der Waals surface area contributed by atoms with E-state index in [1.807, 2.05) is 18.2 Å². The van der Waals surface area contributed by atoms with Crippen molar-refractivity contribution in [2.75, 3.05) is 19.6 Å². The standard InChI is InChI=1S/C18H28N2O/c1-4-16-7-5-6-8-17(16)18(21)20(14(2)3)13-15-9-11-19-12-10-15/h5-8,14-15,19H,4,9-13H2,1-3H3. The van der Waals surface area contributed by atoms with Crippen LogP contribution in [0.25, 0.3) is 0 Å². The predicted molar refractivity (Wildman–Crippen MR) is 87.6 cm³/mol. The van der Waals surface area contributed by atoms with Crippen molar-refractivity contribution in [2.45, 2.75) is 46.1 Å². The SMILES string of the molecule is CCc1ccccc1C(=O)N(CC1CCNCC1)C(C)C. The van der Waals surface area contributed by atoms with Crippen molar-refractivity contribution in [3.8, 4) is 0 Å². The van der Waals surface area contributed by atoms with E-state index in [4.69, 9.17) is 0 Å². The van der Waals surface area contributed by atoms with E-state index in [2.05, 4.69) is 37.1 Å². The quantitative estimate of drug-likeness (QED) is 0.903. The van der Waals surface area contributed by atoms with Gasteiger partial charge in [-0.2, -0.15) is 0 Å². The number of piperidine rings is 1. The van der Waals surface area contributed by atoms with Crippen molar-refractivity contribution in [3.63, 3.8) is 0 Å². The average Bonchev–Trinajstić information content (AvgIpc) is 2.52. The van der Waals surface area contributed by atoms with Gasteiger partial charge in [0.1, 0.15) is 0 Å². The van der Waals surface area contributed by atoms with Crippen LogP contribution in [0.3, 0.4) is 0 Å². The van der Waals surface area contributed by atoms with Gasteiger partial charge in [-0.3, -0.25) is 4.79 Å². The topological polar surface area (TPSA) is 32.3 Å². The molecule has 0 atom stereocenters. The van der Waals surface area contributed by atoms with Gasteiger partial charge in [-0.1, -0.05) is 25.1 Å². The summed E-state index contributed by atoms with van der Waals surface area (Å²) in [6, 6.07) is 8.27. The summed E-state index contributed by atoms with van der Waals surface area (Å²) >= 11 is 0. The van der Waals surface area contributed by atoms with Crippen molar-refractivity contribution < 1.29 is 4.79 Å². The fraction of sp³-hybridized carbons (Fsp3) is 0.611. The number of rotatable bonds is 5. The Labute approximate surface area is 128 Å². The minimum Gasteiger partial charge on any atom is -0.336 e. The van der Waals surface area contributed by atoms with Gasteiger partial charge in [0.15, 0.2) is 0 Å². The molecule has 1 N–H and O–H groups in total. The third kappa shape index (κ3) is 4.07. The van der Waals surface area contributed by atoms with Crippen LogP contribution < -0.4 is 5.32 Å². The molecule has 0 saturated carbocycles. The highest BCUT2D eigenvalue weighted by molar-refractivity contribution is 5.95. The number of benzene rings is 1. The first kappa shape index (κ1) is 16.0. The zero-order chi connectivity index (χ0) is 15.2. The Bertz CT molecular complexity index is 464. The molecular formula is C18H28N2O. The largest absolute Gasteiger partial charge is 0.336 e. The molecule has 2 rings (SSSR count). The highest BCUT2D eigenvalue weighted by Gasteiger charge is 2.24. The highest BCUT2D eigenvalue weighted by Crippen LogP contribution is 2.19. The lowest BCUT2D eigenvalue weighted by atomic mass is 9.96. The number of hydrogen-bond acceptors (Lipinski definition) is 2. The fourth-order valence-electron chi connectivity index (χ4n) is 3.06. The summed E-state index contributed by atoms with van der Waals surface area (Å²) < 4.78 is 0. The minimum absolute atomic E-state index is 0.195. The second-order valence-corrected chi connectivity index (χ2v) is 6.26. The van der Waals surface area contributed by atoms with Gasteiger partial charge in [0.25, 0.3) is 5.91 Å². The third-order valence-electron chi connectivity index (χ3n) is 4.43. The second kappa shape index (κ2) is 7.60. The lowest BCUT2D eigenvalue weighted by Crippen LogP contribution is -2.43. The van der Waals surface area contributed by atoms with Gasteiger partial charge in [-0.05, 0) is 63.7 Å². The number of carbonyl (C=O) groups excluding carboxylic acids is 1. The molecule has 1 aromatic carbocycles. The highest BCUT2D eigenvalue weighted by atomic mass is 16.2. The molecule has 1 aliphatic heterocycles. The molecule has 1 amide bonds. The maximum Gasteiger partial charge on any atom is 0.254 e. The van der Waals surface area contributed by atoms with Gasteiger partial charge < -0.3 is 10.2 Å². The Morgan fingerprint density at radius 2 is 1.95 bits per heavy atom. The van der Waals surface area contributed by atoms with E-state index in [-0.39, 0.29) is 11.9 Å². The van der Waals surface area contributed by atoms with Gasteiger partial charge in [0.05, 0.1) is 0 Å². The average molecular weight is 288 g/mol. The fourth-order valence-corrected chi connectivity index (χ4v) is 3.06. The summed E-state index contributed by atoms with van der Waals surface area (Å²) in [5.41, 5.74) is 2.03. The summed E-state index contributed by atoms with van der Waals surface area (Å²) in [5.74, 6) is 0.826. The van der Waals surface area contributed by atoms with Crippen LogP contribution in [0, 0.1) is 5.92 Å². The van der Waals surface area contributed by atoms with E-state index in [0.29, 0.717) is 5.92 Å². The van der Waals surface area contributed by atoms with Crippen LogP contribution in [0.1, 0.15) is 49.5 Å². The molecule has 21 heavy (non-hydrogen) atoms.